The molecule has 148 valence electrons. The number of nitrogens with one attached hydrogen (secondary N) is 1. The second-order valence-electron chi connectivity index (χ2n) is 6.82. The van der Waals surface area contributed by atoms with Crippen molar-refractivity contribution in [3.8, 4) is 0 Å². The Morgan fingerprint density at radius 3 is 2.18 bits per heavy atom. The molecule has 0 aliphatic heterocycles. The van der Waals surface area contributed by atoms with Gasteiger partial charge in [-0.3, -0.25) is 4.79 Å². The number of hydrazone groups is 1. The fraction of sp³-hybridized carbons (Fsp3) is 0.333. The molecule has 4 heteroatoms. The Balaban J connectivity index is 1.86. The van der Waals surface area contributed by atoms with E-state index >= 15 is 0 Å². The molecule has 28 heavy (non-hydrogen) atoms. The molecule has 0 spiro atoms. The van der Waals surface area contributed by atoms with Gasteiger partial charge in [-0.2, -0.15) is 5.10 Å². The van der Waals surface area contributed by atoms with Crippen molar-refractivity contribution >= 4 is 23.2 Å². The van der Waals surface area contributed by atoms with Crippen molar-refractivity contribution in [1.29, 1.82) is 0 Å². The summed E-state index contributed by atoms with van der Waals surface area (Å²) in [4.78, 5) is 12.2. The average Bonchev–Trinajstić information content (AvgIpc) is 2.72. The zero-order valence-corrected chi connectivity index (χ0v) is 17.1. The lowest BCUT2D eigenvalue weighted by Gasteiger charge is -2.08. The Labute approximate surface area is 173 Å². The minimum absolute atomic E-state index is 0.0472. The minimum Gasteiger partial charge on any atom is -0.273 e. The number of carbonyl (C=O) groups is 1. The third-order valence-corrected chi connectivity index (χ3v) is 4.77. The van der Waals surface area contributed by atoms with Crippen molar-refractivity contribution < 1.29 is 4.79 Å². The average molecular weight is 397 g/mol. The fourth-order valence-corrected chi connectivity index (χ4v) is 3.08. The minimum atomic E-state index is -0.0472. The van der Waals surface area contributed by atoms with Crippen LogP contribution in [0.1, 0.15) is 62.5 Å². The molecular weight excluding hydrogens is 368 g/mol. The second kappa shape index (κ2) is 12.9. The van der Waals surface area contributed by atoms with Gasteiger partial charge in [-0.05, 0) is 31.4 Å². The van der Waals surface area contributed by atoms with Gasteiger partial charge < -0.3 is 0 Å². The molecule has 2 rings (SSSR count). The van der Waals surface area contributed by atoms with E-state index in [2.05, 4.69) is 17.1 Å². The van der Waals surface area contributed by atoms with Gasteiger partial charge >= 0.3 is 0 Å². The lowest BCUT2D eigenvalue weighted by molar-refractivity contribution is -0.121. The van der Waals surface area contributed by atoms with E-state index in [1.165, 1.54) is 25.7 Å². The van der Waals surface area contributed by atoms with Crippen molar-refractivity contribution in [3.05, 3.63) is 83.4 Å². The van der Waals surface area contributed by atoms with Crippen LogP contribution in [-0.4, -0.2) is 11.6 Å². The standard InChI is InChI=1S/C24H29ClN2O/c1-2-3-4-5-6-7-8-12-15-23(28)26-27-24(20-13-10-9-11-14-20)21-16-18-22(25)19-17-21/h2,9-11,13-14,16-19H,1,3-8,12,15H2,(H,26,28). The highest BCUT2D eigenvalue weighted by Gasteiger charge is 2.08. The largest absolute Gasteiger partial charge is 0.273 e. The van der Waals surface area contributed by atoms with Crippen LogP contribution in [0.25, 0.3) is 0 Å². The van der Waals surface area contributed by atoms with Crippen molar-refractivity contribution in [3.63, 3.8) is 0 Å². The molecular formula is C24H29ClN2O. The summed E-state index contributed by atoms with van der Waals surface area (Å²) >= 11 is 5.99. The zero-order valence-electron chi connectivity index (χ0n) is 16.4. The van der Waals surface area contributed by atoms with Gasteiger partial charge in [-0.15, -0.1) is 6.58 Å². The van der Waals surface area contributed by atoms with Crippen LogP contribution in [0.5, 0.6) is 0 Å². The first-order valence-corrected chi connectivity index (χ1v) is 10.4. The Morgan fingerprint density at radius 2 is 1.50 bits per heavy atom. The molecule has 0 unspecified atom stereocenters. The number of hydrogen-bond acceptors (Lipinski definition) is 2. The highest BCUT2D eigenvalue weighted by Crippen LogP contribution is 2.15. The number of benzene rings is 2. The maximum atomic E-state index is 12.2. The van der Waals surface area contributed by atoms with Crippen molar-refractivity contribution in [2.24, 2.45) is 5.10 Å². The van der Waals surface area contributed by atoms with Gasteiger partial charge in [0.25, 0.3) is 0 Å². The lowest BCUT2D eigenvalue weighted by atomic mass is 10.0. The van der Waals surface area contributed by atoms with Crippen LogP contribution < -0.4 is 5.43 Å². The van der Waals surface area contributed by atoms with Crippen LogP contribution in [-0.2, 0) is 4.79 Å². The Morgan fingerprint density at radius 1 is 0.893 bits per heavy atom. The van der Waals surface area contributed by atoms with Gasteiger partial charge in [0.15, 0.2) is 0 Å². The molecule has 0 aliphatic carbocycles. The van der Waals surface area contributed by atoms with Crippen LogP contribution in [0.2, 0.25) is 5.02 Å². The number of nitrogens with zero attached hydrogens (tertiary/aromatic N) is 1. The third-order valence-electron chi connectivity index (χ3n) is 4.52. The summed E-state index contributed by atoms with van der Waals surface area (Å²) in [6.07, 6.45) is 10.4. The molecule has 1 N–H and O–H groups in total. The van der Waals surface area contributed by atoms with Crippen molar-refractivity contribution in [2.75, 3.05) is 0 Å². The topological polar surface area (TPSA) is 41.5 Å². The molecule has 3 nitrogen and oxygen atoms in total. The van der Waals surface area contributed by atoms with Crippen LogP contribution in [0.4, 0.5) is 0 Å². The molecule has 2 aromatic rings. The molecule has 0 heterocycles. The quantitative estimate of drug-likeness (QED) is 0.189. The predicted octanol–water partition coefficient (Wildman–Crippen LogP) is 6.52. The number of rotatable bonds is 12. The molecule has 0 fully saturated rings. The summed E-state index contributed by atoms with van der Waals surface area (Å²) in [6.45, 7) is 3.74. The number of amides is 1. The van der Waals surface area contributed by atoms with E-state index in [-0.39, 0.29) is 5.91 Å². The van der Waals surface area contributed by atoms with Gasteiger partial charge in [0.05, 0.1) is 5.71 Å². The number of allylic oxidation sites excluding steroid dienone is 1. The van der Waals surface area contributed by atoms with E-state index in [0.717, 1.165) is 36.1 Å². The maximum absolute atomic E-state index is 12.2. The molecule has 0 aromatic heterocycles. The van der Waals surface area contributed by atoms with E-state index in [1.807, 2.05) is 60.7 Å². The molecule has 0 saturated heterocycles. The van der Waals surface area contributed by atoms with Gasteiger partial charge in [-0.25, -0.2) is 5.43 Å². The number of hydrogen-bond donors (Lipinski definition) is 1. The molecule has 1 amide bonds. The third kappa shape index (κ3) is 8.10. The normalized spacial score (nSPS) is 11.2. The Hall–Kier alpha value is -2.39. The van der Waals surface area contributed by atoms with Crippen LogP contribution in [0.3, 0.4) is 0 Å². The van der Waals surface area contributed by atoms with E-state index < -0.39 is 0 Å². The van der Waals surface area contributed by atoms with E-state index in [1.54, 1.807) is 0 Å². The van der Waals surface area contributed by atoms with E-state index in [9.17, 15) is 4.79 Å². The zero-order chi connectivity index (χ0) is 20.0. The number of halogens is 1. The van der Waals surface area contributed by atoms with Crippen LogP contribution >= 0.6 is 11.6 Å². The molecule has 0 bridgehead atoms. The summed E-state index contributed by atoms with van der Waals surface area (Å²) in [6, 6.07) is 17.3. The molecule has 0 saturated carbocycles. The smallest absolute Gasteiger partial charge is 0.240 e. The lowest BCUT2D eigenvalue weighted by Crippen LogP contribution is -2.20. The van der Waals surface area contributed by atoms with Crippen LogP contribution in [0, 0.1) is 0 Å². The first-order chi connectivity index (χ1) is 13.7. The maximum Gasteiger partial charge on any atom is 0.240 e. The highest BCUT2D eigenvalue weighted by atomic mass is 35.5. The summed E-state index contributed by atoms with van der Waals surface area (Å²) in [7, 11) is 0. The SMILES string of the molecule is C=CCCCCCCCCC(=O)NN=C(c1ccccc1)c1ccc(Cl)cc1. The Bertz CT molecular complexity index is 754. The van der Waals surface area contributed by atoms with Gasteiger partial charge in [0, 0.05) is 22.6 Å². The monoisotopic (exact) mass is 396 g/mol. The van der Waals surface area contributed by atoms with E-state index in [4.69, 9.17) is 11.6 Å². The van der Waals surface area contributed by atoms with Crippen molar-refractivity contribution in [2.45, 2.75) is 51.4 Å². The summed E-state index contributed by atoms with van der Waals surface area (Å²) in [5.74, 6) is -0.0472. The van der Waals surface area contributed by atoms with Crippen molar-refractivity contribution in [1.82, 2.24) is 5.43 Å². The van der Waals surface area contributed by atoms with Gasteiger partial charge in [0.2, 0.25) is 5.91 Å². The molecule has 0 aliphatic rings. The number of carbonyl (C=O) groups excluding carboxylic acids is 1. The molecule has 2 aromatic carbocycles. The highest BCUT2D eigenvalue weighted by molar-refractivity contribution is 6.30. The van der Waals surface area contributed by atoms with Gasteiger partial charge in [-0.1, -0.05) is 85.8 Å². The number of unbranched alkanes of at least 4 members (excludes halogenated alkanes) is 6. The van der Waals surface area contributed by atoms with Gasteiger partial charge in [0.1, 0.15) is 0 Å². The molecule has 0 radical (unpaired) electrons. The summed E-state index contributed by atoms with van der Waals surface area (Å²) in [5, 5.41) is 5.08. The van der Waals surface area contributed by atoms with Crippen LogP contribution in [0.15, 0.2) is 72.4 Å². The summed E-state index contributed by atoms with van der Waals surface area (Å²) in [5.41, 5.74) is 5.31. The van der Waals surface area contributed by atoms with E-state index in [0.29, 0.717) is 11.4 Å². The first-order valence-electron chi connectivity index (χ1n) is 9.99. The predicted molar refractivity (Wildman–Crippen MR) is 119 cm³/mol. The summed E-state index contributed by atoms with van der Waals surface area (Å²) < 4.78 is 0. The second-order valence-corrected chi connectivity index (χ2v) is 7.25. The molecule has 0 atom stereocenters. The first kappa shape index (κ1) is 21.9. The Kier molecular flexibility index (Phi) is 10.1. The fourth-order valence-electron chi connectivity index (χ4n) is 2.96.